The standard InChI is InChI=1S/C20H20F2N4O2.C20H21FN4O2.C19H18F2N4O2.C19H19FN4O2/c1-12-10-25(6-5-23-12)14-3-4-18-24-16(9-19(27)26(18)11-14)13-7-15(21)20(22)17(8-13)28-2;1-13-11-24(8-7-22-13)15-4-6-19-23-17(10-20(26)25(19)12-15)14-3-5-16(21)18(9-14)27-2;1-27-16-9-12(8-14(20)19(16)21)15-10-18(26)25-11-13(2-3-17(25)23-15)24-6-4-22-5-7-24;1-26-17-10-13(2-4-15(17)20)16-11-19(25)24-12-14(3-5-18(24)22-16)23-8-6-21-7-9-23/h3-4,7-9,11-12,23H,5-6,10H2,1-2H3;3-6,9-10,12-13,22H,7-8,11H2,1-2H3;2-3,8-11,22H,4-7H2,1H3;2-5,10-12,21H,6-9H2,1H3/t12-;13-;;/m00../s1. The van der Waals surface area contributed by atoms with Gasteiger partial charge in [0, 0.05) is 175 Å². The van der Waals surface area contributed by atoms with Gasteiger partial charge in [0.05, 0.1) is 74.0 Å². The molecular formula is C78H78F6N16O8. The van der Waals surface area contributed by atoms with E-state index in [0.29, 0.717) is 57.2 Å². The third-order valence-electron chi connectivity index (χ3n) is 18.9. The van der Waals surface area contributed by atoms with Crippen LogP contribution in [0.2, 0.25) is 0 Å². The van der Waals surface area contributed by atoms with Gasteiger partial charge in [0.25, 0.3) is 22.2 Å². The zero-order valence-corrected chi connectivity index (χ0v) is 60.0. The summed E-state index contributed by atoms with van der Waals surface area (Å²) in [6.07, 6.45) is 7.17. The number of benzene rings is 4. The number of aromatic nitrogens is 8. The fraction of sp³-hybridized carbons (Fsp3) is 0.282. The van der Waals surface area contributed by atoms with Crippen LogP contribution in [0.5, 0.6) is 23.0 Å². The summed E-state index contributed by atoms with van der Waals surface area (Å²) >= 11 is 0. The molecule has 0 bridgehead atoms. The molecule has 560 valence electrons. The Bertz CT molecular complexity index is 5580. The lowest BCUT2D eigenvalue weighted by molar-refractivity contribution is 0.372. The summed E-state index contributed by atoms with van der Waals surface area (Å²) in [4.78, 5) is 77.5. The highest BCUT2D eigenvalue weighted by molar-refractivity contribution is 5.69. The Morgan fingerprint density at radius 1 is 0.333 bits per heavy atom. The van der Waals surface area contributed by atoms with Crippen molar-refractivity contribution in [1.82, 2.24) is 58.8 Å². The second kappa shape index (κ2) is 32.9. The Balaban J connectivity index is 0.000000127. The van der Waals surface area contributed by atoms with E-state index in [-0.39, 0.29) is 67.7 Å². The van der Waals surface area contributed by atoms with Crippen LogP contribution in [-0.2, 0) is 0 Å². The van der Waals surface area contributed by atoms with E-state index in [1.165, 1.54) is 85.8 Å². The van der Waals surface area contributed by atoms with Crippen LogP contribution in [0.1, 0.15) is 13.8 Å². The first-order chi connectivity index (χ1) is 52.2. The van der Waals surface area contributed by atoms with E-state index in [4.69, 9.17) is 18.9 Å². The van der Waals surface area contributed by atoms with Crippen molar-refractivity contribution in [1.29, 1.82) is 0 Å². The van der Waals surface area contributed by atoms with Crippen LogP contribution in [0, 0.1) is 34.9 Å². The SMILES string of the molecule is COc1cc(-c2cc(=O)n3cc(N4CCNCC4)ccc3n2)cc(F)c1F.COc1cc(-c2cc(=O)n3cc(N4CCNCC4)ccc3n2)ccc1F.COc1cc(-c2cc(=O)n3cc(N4CCN[C@@H](C)C4)ccc3n2)cc(F)c1F.COc1cc(-c2cc(=O)n3cc(N4CCN[C@@H](C)C4)ccc3n2)ccc1F. The number of hydrogen-bond donors (Lipinski definition) is 4. The summed E-state index contributed by atoms with van der Waals surface area (Å²) < 4.78 is 108. The Morgan fingerprint density at radius 2 is 0.620 bits per heavy atom. The second-order valence-corrected chi connectivity index (χ2v) is 26.1. The molecule has 30 heteroatoms. The van der Waals surface area contributed by atoms with Gasteiger partial charge in [-0.15, -0.1) is 0 Å². The minimum atomic E-state index is -1.07. The first-order valence-electron chi connectivity index (χ1n) is 35.0. The van der Waals surface area contributed by atoms with Gasteiger partial charge in [-0.1, -0.05) is 0 Å². The maximum Gasteiger partial charge on any atom is 0.258 e. The number of pyridine rings is 4. The van der Waals surface area contributed by atoms with E-state index in [9.17, 15) is 45.5 Å². The molecule has 16 rings (SSSR count). The van der Waals surface area contributed by atoms with Gasteiger partial charge < -0.3 is 59.8 Å². The summed E-state index contributed by atoms with van der Waals surface area (Å²) in [6.45, 7) is 16.7. The number of ether oxygens (including phenoxy) is 4. The zero-order valence-electron chi connectivity index (χ0n) is 60.0. The first-order valence-corrected chi connectivity index (χ1v) is 35.0. The van der Waals surface area contributed by atoms with Gasteiger partial charge in [-0.3, -0.25) is 36.8 Å². The molecule has 12 heterocycles. The van der Waals surface area contributed by atoms with Crippen molar-refractivity contribution < 1.29 is 45.3 Å². The third kappa shape index (κ3) is 16.5. The molecule has 4 saturated heterocycles. The van der Waals surface area contributed by atoms with Crippen LogP contribution in [0.15, 0.2) is 177 Å². The number of fused-ring (bicyclic) bond motifs is 4. The van der Waals surface area contributed by atoms with Crippen LogP contribution < -0.4 is 82.1 Å². The normalized spacial score (nSPS) is 15.9. The topological polar surface area (TPSA) is 235 Å². The monoisotopic (exact) mass is 1480 g/mol. The highest BCUT2D eigenvalue weighted by Crippen LogP contribution is 2.32. The second-order valence-electron chi connectivity index (χ2n) is 26.1. The molecule has 4 aliphatic rings. The number of anilines is 4. The third-order valence-corrected chi connectivity index (χ3v) is 18.9. The van der Waals surface area contributed by atoms with Crippen molar-refractivity contribution in [2.24, 2.45) is 0 Å². The molecule has 2 atom stereocenters. The summed E-state index contributed by atoms with van der Waals surface area (Å²) in [5.41, 5.74) is 8.19. The number of nitrogens with zero attached hydrogens (tertiary/aromatic N) is 12. The molecule has 0 spiro atoms. The lowest BCUT2D eigenvalue weighted by Gasteiger charge is -2.33. The predicted molar refractivity (Wildman–Crippen MR) is 403 cm³/mol. The first kappa shape index (κ1) is 74.4. The number of rotatable bonds is 12. The molecule has 4 N–H and O–H groups in total. The summed E-state index contributed by atoms with van der Waals surface area (Å²) in [5.74, 6) is -5.38. The molecule has 0 amide bonds. The minimum absolute atomic E-state index is 0.123. The summed E-state index contributed by atoms with van der Waals surface area (Å²) in [7, 11) is 5.32. The quantitative estimate of drug-likeness (QED) is 0.0837. The Labute approximate surface area is 615 Å². The van der Waals surface area contributed by atoms with Gasteiger partial charge in [0.2, 0.25) is 11.6 Å². The van der Waals surface area contributed by atoms with Crippen molar-refractivity contribution >= 4 is 45.3 Å². The zero-order chi connectivity index (χ0) is 75.9. The van der Waals surface area contributed by atoms with E-state index in [1.54, 1.807) is 57.6 Å². The number of piperazine rings is 4. The smallest absolute Gasteiger partial charge is 0.258 e. The van der Waals surface area contributed by atoms with E-state index in [2.05, 4.69) is 74.7 Å². The van der Waals surface area contributed by atoms with E-state index >= 15 is 0 Å². The molecule has 0 unspecified atom stereocenters. The van der Waals surface area contributed by atoms with Crippen LogP contribution in [-0.4, -0.2) is 170 Å². The average molecular weight is 1480 g/mol. The van der Waals surface area contributed by atoms with E-state index in [0.717, 1.165) is 127 Å². The van der Waals surface area contributed by atoms with Crippen LogP contribution in [0.25, 0.3) is 67.6 Å². The van der Waals surface area contributed by atoms with Crippen molar-refractivity contribution in [3.8, 4) is 68.0 Å². The molecule has 8 aromatic heterocycles. The van der Waals surface area contributed by atoms with Crippen LogP contribution in [0.3, 0.4) is 0 Å². The molecule has 4 aliphatic heterocycles. The summed E-state index contributed by atoms with van der Waals surface area (Å²) in [5, 5.41) is 13.4. The molecule has 108 heavy (non-hydrogen) atoms. The van der Waals surface area contributed by atoms with Gasteiger partial charge in [-0.05, 0) is 123 Å². The molecule has 24 nitrogen and oxygen atoms in total. The molecular weight excluding hydrogens is 1400 g/mol. The van der Waals surface area contributed by atoms with Crippen molar-refractivity contribution in [3.63, 3.8) is 0 Å². The Hall–Kier alpha value is -11.9. The van der Waals surface area contributed by atoms with Gasteiger partial charge in [0.1, 0.15) is 22.6 Å². The maximum absolute atomic E-state index is 13.8. The Kier molecular flexibility index (Phi) is 22.7. The van der Waals surface area contributed by atoms with Crippen molar-refractivity contribution in [3.05, 3.63) is 235 Å². The van der Waals surface area contributed by atoms with Gasteiger partial charge in [0.15, 0.2) is 46.3 Å². The van der Waals surface area contributed by atoms with Crippen molar-refractivity contribution in [2.45, 2.75) is 25.9 Å². The van der Waals surface area contributed by atoms with Crippen LogP contribution >= 0.6 is 0 Å². The van der Waals surface area contributed by atoms with E-state index in [1.807, 2.05) is 48.8 Å². The maximum atomic E-state index is 13.8. The molecule has 0 aliphatic carbocycles. The highest BCUT2D eigenvalue weighted by atomic mass is 19.2. The van der Waals surface area contributed by atoms with Crippen molar-refractivity contribution in [2.75, 3.05) is 140 Å². The fourth-order valence-corrected chi connectivity index (χ4v) is 13.2. The molecule has 0 saturated carbocycles. The molecule has 4 fully saturated rings. The summed E-state index contributed by atoms with van der Waals surface area (Å²) in [6, 6.07) is 34.8. The number of halogens is 6. The van der Waals surface area contributed by atoms with Gasteiger partial charge in [-0.25, -0.2) is 37.5 Å². The lowest BCUT2D eigenvalue weighted by atomic mass is 10.1. The van der Waals surface area contributed by atoms with Gasteiger partial charge in [-0.2, -0.15) is 8.78 Å². The minimum Gasteiger partial charge on any atom is -0.494 e. The lowest BCUT2D eigenvalue weighted by Crippen LogP contribution is -2.49. The Morgan fingerprint density at radius 3 is 0.926 bits per heavy atom. The molecule has 12 aromatic rings. The number of hydrogen-bond acceptors (Lipinski definition) is 20. The average Bonchev–Trinajstić information content (AvgIpc) is 0.809. The largest absolute Gasteiger partial charge is 0.494 e. The number of nitrogens with one attached hydrogen (secondary N) is 4. The molecule has 0 radical (unpaired) electrons. The van der Waals surface area contributed by atoms with Crippen LogP contribution in [0.4, 0.5) is 49.1 Å². The van der Waals surface area contributed by atoms with E-state index < -0.39 is 34.9 Å². The fourth-order valence-electron chi connectivity index (χ4n) is 13.2. The van der Waals surface area contributed by atoms with Gasteiger partial charge >= 0.3 is 0 Å². The highest BCUT2D eigenvalue weighted by Gasteiger charge is 2.23. The number of methoxy groups -OCH3 is 4. The predicted octanol–water partition coefficient (Wildman–Crippen LogP) is 8.73. The molecule has 4 aromatic carbocycles.